The standard InChI is InChI=1S/C21H36N4O4S.HI/c1-22-21(23-11-14-29-15-16-30(3,26)27)24-17-20(25-12-5-4-6-13-25)18-7-9-19(28-2)10-8-18;/h7-10,20H,4-6,11-17H2,1-3H3,(H2,22,23,24);1H. The van der Waals surface area contributed by atoms with Crippen molar-refractivity contribution in [1.29, 1.82) is 0 Å². The predicted octanol–water partition coefficient (Wildman–Crippen LogP) is 2.07. The van der Waals surface area contributed by atoms with E-state index in [9.17, 15) is 8.42 Å². The van der Waals surface area contributed by atoms with Crippen LogP contribution in [0, 0.1) is 0 Å². The molecule has 0 amide bonds. The van der Waals surface area contributed by atoms with Gasteiger partial charge in [-0.1, -0.05) is 18.6 Å². The molecule has 31 heavy (non-hydrogen) atoms. The molecule has 0 radical (unpaired) electrons. The highest BCUT2D eigenvalue weighted by atomic mass is 127. The molecule has 0 aliphatic carbocycles. The lowest BCUT2D eigenvalue weighted by Crippen LogP contribution is -2.45. The van der Waals surface area contributed by atoms with Crippen LogP contribution in [-0.2, 0) is 14.6 Å². The summed E-state index contributed by atoms with van der Waals surface area (Å²) in [5.41, 5.74) is 1.25. The maximum absolute atomic E-state index is 11.1. The smallest absolute Gasteiger partial charge is 0.191 e. The van der Waals surface area contributed by atoms with Crippen LogP contribution in [0.2, 0.25) is 0 Å². The highest BCUT2D eigenvalue weighted by Gasteiger charge is 2.22. The number of rotatable bonds is 11. The number of halogens is 1. The lowest BCUT2D eigenvalue weighted by molar-refractivity contribution is 0.153. The van der Waals surface area contributed by atoms with Crippen molar-refractivity contribution in [3.63, 3.8) is 0 Å². The first-order chi connectivity index (χ1) is 14.4. The van der Waals surface area contributed by atoms with Gasteiger partial charge in [-0.25, -0.2) is 8.42 Å². The molecule has 0 aromatic heterocycles. The minimum absolute atomic E-state index is 0. The van der Waals surface area contributed by atoms with Crippen molar-refractivity contribution in [2.75, 3.05) is 65.6 Å². The van der Waals surface area contributed by atoms with Gasteiger partial charge in [0.05, 0.1) is 32.1 Å². The molecule has 1 aromatic rings. The maximum atomic E-state index is 11.1. The summed E-state index contributed by atoms with van der Waals surface area (Å²) in [5.74, 6) is 1.61. The number of piperidine rings is 1. The first kappa shape index (κ1) is 27.9. The van der Waals surface area contributed by atoms with Crippen molar-refractivity contribution >= 4 is 39.8 Å². The van der Waals surface area contributed by atoms with E-state index in [1.807, 2.05) is 12.1 Å². The number of benzene rings is 1. The van der Waals surface area contributed by atoms with Gasteiger partial charge in [0.1, 0.15) is 15.6 Å². The van der Waals surface area contributed by atoms with Crippen molar-refractivity contribution in [3.8, 4) is 5.75 Å². The summed E-state index contributed by atoms with van der Waals surface area (Å²) in [6.07, 6.45) is 4.96. The zero-order chi connectivity index (χ0) is 21.8. The summed E-state index contributed by atoms with van der Waals surface area (Å²) in [5, 5.41) is 6.64. The fourth-order valence-electron chi connectivity index (χ4n) is 3.48. The Bertz CT molecular complexity index is 753. The summed E-state index contributed by atoms with van der Waals surface area (Å²) in [6, 6.07) is 8.53. The van der Waals surface area contributed by atoms with Crippen molar-refractivity contribution in [2.24, 2.45) is 4.99 Å². The van der Waals surface area contributed by atoms with Gasteiger partial charge >= 0.3 is 0 Å². The fourth-order valence-corrected chi connectivity index (χ4v) is 3.90. The van der Waals surface area contributed by atoms with Crippen molar-refractivity contribution in [2.45, 2.75) is 25.3 Å². The molecule has 8 nitrogen and oxygen atoms in total. The van der Waals surface area contributed by atoms with Crippen LogP contribution in [0.3, 0.4) is 0 Å². The minimum atomic E-state index is -2.99. The van der Waals surface area contributed by atoms with Gasteiger partial charge in [-0.2, -0.15) is 0 Å². The summed E-state index contributed by atoms with van der Waals surface area (Å²) in [4.78, 5) is 6.82. The van der Waals surface area contributed by atoms with Gasteiger partial charge in [0.2, 0.25) is 0 Å². The average Bonchev–Trinajstić information content (AvgIpc) is 2.75. The van der Waals surface area contributed by atoms with Crippen LogP contribution in [0.25, 0.3) is 0 Å². The van der Waals surface area contributed by atoms with E-state index < -0.39 is 9.84 Å². The topological polar surface area (TPSA) is 92.3 Å². The van der Waals surface area contributed by atoms with Crippen molar-refractivity contribution in [3.05, 3.63) is 29.8 Å². The maximum Gasteiger partial charge on any atom is 0.191 e. The molecule has 2 N–H and O–H groups in total. The van der Waals surface area contributed by atoms with Gasteiger partial charge in [-0.3, -0.25) is 9.89 Å². The zero-order valence-corrected chi connectivity index (χ0v) is 21.9. The number of methoxy groups -OCH3 is 1. The second-order valence-electron chi connectivity index (χ2n) is 7.51. The van der Waals surface area contributed by atoms with Gasteiger partial charge < -0.3 is 20.1 Å². The van der Waals surface area contributed by atoms with E-state index >= 15 is 0 Å². The number of guanidine groups is 1. The Kier molecular flexibility index (Phi) is 13.4. The Balaban J connectivity index is 0.00000480. The summed E-state index contributed by atoms with van der Waals surface area (Å²) in [6.45, 7) is 4.11. The van der Waals surface area contributed by atoms with Crippen LogP contribution in [0.1, 0.15) is 30.9 Å². The number of ether oxygens (including phenoxy) is 2. The van der Waals surface area contributed by atoms with Gasteiger partial charge in [0.25, 0.3) is 0 Å². The molecule has 0 bridgehead atoms. The van der Waals surface area contributed by atoms with Gasteiger partial charge in [-0.05, 0) is 43.6 Å². The molecule has 1 saturated heterocycles. The number of aliphatic imine (C=N–C) groups is 1. The van der Waals surface area contributed by atoms with Crippen LogP contribution in [0.5, 0.6) is 5.75 Å². The Hall–Kier alpha value is -1.11. The average molecular weight is 569 g/mol. The van der Waals surface area contributed by atoms with Crippen LogP contribution >= 0.6 is 24.0 Å². The lowest BCUT2D eigenvalue weighted by atomic mass is 10.0. The summed E-state index contributed by atoms with van der Waals surface area (Å²) < 4.78 is 32.9. The molecular formula is C21H37IN4O4S. The molecule has 1 atom stereocenters. The Labute approximate surface area is 204 Å². The number of nitrogens with zero attached hydrogens (tertiary/aromatic N) is 2. The molecule has 178 valence electrons. The lowest BCUT2D eigenvalue weighted by Gasteiger charge is -2.35. The van der Waals surface area contributed by atoms with Crippen LogP contribution in [-0.4, -0.2) is 84.8 Å². The summed E-state index contributed by atoms with van der Waals surface area (Å²) >= 11 is 0. The molecule has 1 aliphatic rings. The van der Waals surface area contributed by atoms with Gasteiger partial charge in [0, 0.05) is 26.4 Å². The van der Waals surface area contributed by atoms with Crippen molar-refractivity contribution < 1.29 is 17.9 Å². The number of likely N-dealkylation sites (tertiary alicyclic amines) is 1. The second-order valence-corrected chi connectivity index (χ2v) is 9.77. The Morgan fingerprint density at radius 3 is 2.39 bits per heavy atom. The summed E-state index contributed by atoms with van der Waals surface area (Å²) in [7, 11) is 0.433. The zero-order valence-electron chi connectivity index (χ0n) is 18.8. The third kappa shape index (κ3) is 10.8. The molecule has 2 rings (SSSR count). The highest BCUT2D eigenvalue weighted by molar-refractivity contribution is 14.0. The van der Waals surface area contributed by atoms with E-state index in [-0.39, 0.29) is 42.4 Å². The first-order valence-corrected chi connectivity index (χ1v) is 12.6. The van der Waals surface area contributed by atoms with Crippen LogP contribution in [0.15, 0.2) is 29.3 Å². The van der Waals surface area contributed by atoms with E-state index in [1.54, 1.807) is 14.2 Å². The Morgan fingerprint density at radius 1 is 1.13 bits per heavy atom. The van der Waals surface area contributed by atoms with Crippen molar-refractivity contribution in [1.82, 2.24) is 15.5 Å². The molecule has 0 spiro atoms. The first-order valence-electron chi connectivity index (χ1n) is 10.5. The SMILES string of the molecule is CN=C(NCCOCCS(C)(=O)=O)NCC(c1ccc(OC)cc1)N1CCCCC1.I. The van der Waals surface area contributed by atoms with Crippen LogP contribution < -0.4 is 15.4 Å². The molecular weight excluding hydrogens is 531 g/mol. The van der Waals surface area contributed by atoms with Gasteiger partial charge in [0.15, 0.2) is 5.96 Å². The molecule has 1 unspecified atom stereocenters. The van der Waals surface area contributed by atoms with E-state index in [1.165, 1.54) is 31.1 Å². The molecule has 1 aliphatic heterocycles. The number of hydrogen-bond acceptors (Lipinski definition) is 6. The third-order valence-electron chi connectivity index (χ3n) is 5.16. The molecule has 1 fully saturated rings. The van der Waals surface area contributed by atoms with E-state index in [4.69, 9.17) is 9.47 Å². The number of hydrogen-bond donors (Lipinski definition) is 2. The fraction of sp³-hybridized carbons (Fsp3) is 0.667. The monoisotopic (exact) mass is 568 g/mol. The largest absolute Gasteiger partial charge is 0.497 e. The van der Waals surface area contributed by atoms with Gasteiger partial charge in [-0.15, -0.1) is 24.0 Å². The minimum Gasteiger partial charge on any atom is -0.497 e. The molecule has 1 heterocycles. The number of nitrogens with one attached hydrogen (secondary N) is 2. The van der Waals surface area contributed by atoms with Crippen LogP contribution in [0.4, 0.5) is 0 Å². The van der Waals surface area contributed by atoms with E-state index in [2.05, 4.69) is 32.7 Å². The molecule has 0 saturated carbocycles. The number of sulfone groups is 1. The molecule has 10 heteroatoms. The predicted molar refractivity (Wildman–Crippen MR) is 136 cm³/mol. The highest BCUT2D eigenvalue weighted by Crippen LogP contribution is 2.25. The quantitative estimate of drug-likeness (QED) is 0.183. The Morgan fingerprint density at radius 2 is 1.81 bits per heavy atom. The second kappa shape index (κ2) is 14.9. The normalized spacial score (nSPS) is 16.3. The third-order valence-corrected chi connectivity index (χ3v) is 6.06. The van der Waals surface area contributed by atoms with E-state index in [0.717, 1.165) is 25.4 Å². The molecule has 1 aromatic carbocycles. The van der Waals surface area contributed by atoms with E-state index in [0.29, 0.717) is 19.1 Å².